The number of aryl methyl sites for hydroxylation is 2. The molecule has 1 atom stereocenters. The van der Waals surface area contributed by atoms with Crippen LogP contribution in [0.4, 0.5) is 5.69 Å². The minimum Gasteiger partial charge on any atom is -0.352 e. The van der Waals surface area contributed by atoms with Gasteiger partial charge >= 0.3 is 10.2 Å². The van der Waals surface area contributed by atoms with Gasteiger partial charge in [-0.15, -0.1) is 0 Å². The van der Waals surface area contributed by atoms with Crippen LogP contribution in [0.3, 0.4) is 0 Å². The normalized spacial score (nSPS) is 15.2. The number of rotatable bonds is 11. The molecular formula is C29H41ClN4O4S. The van der Waals surface area contributed by atoms with Crippen LogP contribution in [0, 0.1) is 13.8 Å². The first-order chi connectivity index (χ1) is 18.4. The van der Waals surface area contributed by atoms with Crippen LogP contribution in [0.15, 0.2) is 42.5 Å². The van der Waals surface area contributed by atoms with Crippen LogP contribution in [-0.4, -0.2) is 62.2 Å². The fourth-order valence-electron chi connectivity index (χ4n) is 4.96. The standard InChI is InChI=1S/C29H41ClN4O4S/c1-6-26(29(36)31-24-13-8-7-9-14-24)33(19-23-12-10-11-15-25(23)30)28(35)20-34(39(37,38)32(4)5)27-18-21(2)16-17-22(27)3/h10-12,15-18,24,26H,6-9,13-14,19-20H2,1-5H3,(H,31,36). The van der Waals surface area contributed by atoms with Gasteiger partial charge in [0.1, 0.15) is 12.6 Å². The molecule has 2 aromatic rings. The molecule has 10 heteroatoms. The smallest absolute Gasteiger partial charge is 0.304 e. The number of carbonyl (C=O) groups excluding carboxylic acids is 2. The highest BCUT2D eigenvalue weighted by Gasteiger charge is 2.35. The monoisotopic (exact) mass is 576 g/mol. The zero-order chi connectivity index (χ0) is 28.7. The van der Waals surface area contributed by atoms with Crippen molar-refractivity contribution < 1.29 is 18.0 Å². The summed E-state index contributed by atoms with van der Waals surface area (Å²) in [5.41, 5.74) is 2.70. The minimum atomic E-state index is -4.02. The van der Waals surface area contributed by atoms with Crippen molar-refractivity contribution in [1.82, 2.24) is 14.5 Å². The number of halogens is 1. The maximum absolute atomic E-state index is 14.1. The lowest BCUT2D eigenvalue weighted by atomic mass is 9.95. The van der Waals surface area contributed by atoms with E-state index in [1.165, 1.54) is 19.0 Å². The average molecular weight is 577 g/mol. The fraction of sp³-hybridized carbons (Fsp3) is 0.517. The van der Waals surface area contributed by atoms with Crippen LogP contribution in [0.25, 0.3) is 0 Å². The summed E-state index contributed by atoms with van der Waals surface area (Å²) in [4.78, 5) is 29.1. The predicted octanol–water partition coefficient (Wildman–Crippen LogP) is 4.83. The van der Waals surface area contributed by atoms with E-state index in [0.29, 0.717) is 22.7 Å². The summed E-state index contributed by atoms with van der Waals surface area (Å²) in [6.45, 7) is 5.17. The van der Waals surface area contributed by atoms with Crippen molar-refractivity contribution in [3.8, 4) is 0 Å². The fourth-order valence-corrected chi connectivity index (χ4v) is 6.27. The molecule has 0 saturated heterocycles. The molecule has 0 aromatic heterocycles. The van der Waals surface area contributed by atoms with Crippen molar-refractivity contribution >= 4 is 39.3 Å². The van der Waals surface area contributed by atoms with Gasteiger partial charge in [-0.2, -0.15) is 12.7 Å². The van der Waals surface area contributed by atoms with Crippen molar-refractivity contribution in [3.63, 3.8) is 0 Å². The molecule has 1 unspecified atom stereocenters. The molecule has 1 aliphatic rings. The van der Waals surface area contributed by atoms with Gasteiger partial charge in [0.25, 0.3) is 0 Å². The van der Waals surface area contributed by atoms with Crippen LogP contribution in [0.2, 0.25) is 5.02 Å². The van der Waals surface area contributed by atoms with Crippen molar-refractivity contribution in [2.75, 3.05) is 24.9 Å². The van der Waals surface area contributed by atoms with E-state index in [1.54, 1.807) is 18.2 Å². The van der Waals surface area contributed by atoms with Gasteiger partial charge in [0.2, 0.25) is 11.8 Å². The lowest BCUT2D eigenvalue weighted by Crippen LogP contribution is -2.54. The van der Waals surface area contributed by atoms with E-state index in [0.717, 1.165) is 51.8 Å². The Bertz CT molecular complexity index is 1260. The van der Waals surface area contributed by atoms with Crippen LogP contribution in [0.1, 0.15) is 62.1 Å². The van der Waals surface area contributed by atoms with Gasteiger partial charge in [-0.25, -0.2) is 4.31 Å². The van der Waals surface area contributed by atoms with Crippen LogP contribution < -0.4 is 9.62 Å². The molecule has 1 N–H and O–H groups in total. The molecule has 39 heavy (non-hydrogen) atoms. The number of benzene rings is 2. The summed E-state index contributed by atoms with van der Waals surface area (Å²) in [6, 6.07) is 12.0. The number of hydrogen-bond donors (Lipinski definition) is 1. The Kier molecular flexibility index (Phi) is 10.8. The molecule has 2 aromatic carbocycles. The van der Waals surface area contributed by atoms with Gasteiger partial charge in [-0.3, -0.25) is 9.59 Å². The Morgan fingerprint density at radius 3 is 2.33 bits per heavy atom. The summed E-state index contributed by atoms with van der Waals surface area (Å²) in [6.07, 6.45) is 5.51. The highest BCUT2D eigenvalue weighted by Crippen LogP contribution is 2.27. The zero-order valence-electron chi connectivity index (χ0n) is 23.6. The third-order valence-electron chi connectivity index (χ3n) is 7.29. The first kappa shape index (κ1) is 30.9. The molecule has 1 saturated carbocycles. The number of carbonyl (C=O) groups is 2. The van der Waals surface area contributed by atoms with Crippen LogP contribution in [-0.2, 0) is 26.3 Å². The van der Waals surface area contributed by atoms with Gasteiger partial charge in [0.15, 0.2) is 0 Å². The number of hydrogen-bond acceptors (Lipinski definition) is 4. The second-order valence-electron chi connectivity index (χ2n) is 10.5. The predicted molar refractivity (Wildman–Crippen MR) is 157 cm³/mol. The molecule has 3 rings (SSSR count). The van der Waals surface area contributed by atoms with Gasteiger partial charge in [-0.1, -0.05) is 68.1 Å². The number of nitrogens with zero attached hydrogens (tertiary/aromatic N) is 3. The largest absolute Gasteiger partial charge is 0.352 e. The van der Waals surface area contributed by atoms with Gasteiger partial charge in [-0.05, 0) is 61.9 Å². The van der Waals surface area contributed by atoms with E-state index in [9.17, 15) is 18.0 Å². The molecule has 214 valence electrons. The van der Waals surface area contributed by atoms with E-state index >= 15 is 0 Å². The lowest BCUT2D eigenvalue weighted by Gasteiger charge is -2.35. The summed E-state index contributed by atoms with van der Waals surface area (Å²) in [5, 5.41) is 3.63. The number of amides is 2. The minimum absolute atomic E-state index is 0.0811. The molecule has 8 nitrogen and oxygen atoms in total. The first-order valence-corrected chi connectivity index (χ1v) is 15.3. The van der Waals surface area contributed by atoms with Crippen LogP contribution >= 0.6 is 11.6 Å². The van der Waals surface area contributed by atoms with Crippen molar-refractivity contribution in [2.24, 2.45) is 0 Å². The molecule has 2 amide bonds. The molecule has 0 aliphatic heterocycles. The quantitative estimate of drug-likeness (QED) is 0.415. The first-order valence-electron chi connectivity index (χ1n) is 13.6. The number of nitrogens with one attached hydrogen (secondary N) is 1. The lowest BCUT2D eigenvalue weighted by molar-refractivity contribution is -0.140. The van der Waals surface area contributed by atoms with Gasteiger partial charge in [0, 0.05) is 31.7 Å². The summed E-state index contributed by atoms with van der Waals surface area (Å²) >= 11 is 6.46. The average Bonchev–Trinajstić information content (AvgIpc) is 2.90. The van der Waals surface area contributed by atoms with E-state index in [4.69, 9.17) is 11.6 Å². The second kappa shape index (κ2) is 13.6. The van der Waals surface area contributed by atoms with Crippen molar-refractivity contribution in [2.45, 2.75) is 77.9 Å². The van der Waals surface area contributed by atoms with Gasteiger partial charge < -0.3 is 10.2 Å². The summed E-state index contributed by atoms with van der Waals surface area (Å²) in [5.74, 6) is -0.703. The van der Waals surface area contributed by atoms with E-state index in [2.05, 4.69) is 5.32 Å². The third-order valence-corrected chi connectivity index (χ3v) is 9.46. The topological polar surface area (TPSA) is 90.0 Å². The maximum Gasteiger partial charge on any atom is 0.304 e. The third kappa shape index (κ3) is 7.74. The molecule has 1 aliphatic carbocycles. The maximum atomic E-state index is 14.1. The Labute approximate surface area is 238 Å². The van der Waals surface area contributed by atoms with E-state index < -0.39 is 28.7 Å². The SMILES string of the molecule is CCC(C(=O)NC1CCCCC1)N(Cc1ccccc1Cl)C(=O)CN(c1cc(C)ccc1C)S(=O)(=O)N(C)C. The van der Waals surface area contributed by atoms with Crippen LogP contribution in [0.5, 0.6) is 0 Å². The zero-order valence-corrected chi connectivity index (χ0v) is 25.2. The van der Waals surface area contributed by atoms with E-state index in [-0.39, 0.29) is 18.5 Å². The summed E-state index contributed by atoms with van der Waals surface area (Å²) < 4.78 is 29.2. The molecule has 0 radical (unpaired) electrons. The Morgan fingerprint density at radius 2 is 1.72 bits per heavy atom. The molecular weight excluding hydrogens is 536 g/mol. The van der Waals surface area contributed by atoms with Crippen molar-refractivity contribution in [1.29, 1.82) is 0 Å². The molecule has 0 spiro atoms. The second-order valence-corrected chi connectivity index (χ2v) is 12.9. The highest BCUT2D eigenvalue weighted by molar-refractivity contribution is 7.90. The Balaban J connectivity index is 2.00. The highest BCUT2D eigenvalue weighted by atomic mass is 35.5. The van der Waals surface area contributed by atoms with Crippen molar-refractivity contribution in [3.05, 3.63) is 64.2 Å². The molecule has 0 bridgehead atoms. The van der Waals surface area contributed by atoms with Gasteiger partial charge in [0.05, 0.1) is 5.69 Å². The Hall–Kier alpha value is -2.62. The molecule has 0 heterocycles. The molecule has 1 fully saturated rings. The van der Waals surface area contributed by atoms with E-state index in [1.807, 2.05) is 45.0 Å². The summed E-state index contributed by atoms with van der Waals surface area (Å²) in [7, 11) is -1.15. The Morgan fingerprint density at radius 1 is 1.05 bits per heavy atom. The number of anilines is 1.